The average Bonchev–Trinajstić information content (AvgIpc) is 2.83. The molecule has 0 saturated carbocycles. The van der Waals surface area contributed by atoms with E-state index in [1.165, 1.54) is 5.56 Å². The van der Waals surface area contributed by atoms with Crippen LogP contribution in [0.15, 0.2) is 72.3 Å². The molecule has 1 N–H and O–H groups in total. The molecule has 0 radical (unpaired) electrons. The van der Waals surface area contributed by atoms with Gasteiger partial charge in [0.2, 0.25) is 0 Å². The monoisotopic (exact) mass is 440 g/mol. The Morgan fingerprint density at radius 1 is 1.03 bits per heavy atom. The van der Waals surface area contributed by atoms with Crippen LogP contribution < -0.4 is 14.8 Å². The predicted octanol–water partition coefficient (Wildman–Crippen LogP) is 5.68. The highest BCUT2D eigenvalue weighted by molar-refractivity contribution is 6.01. The number of methoxy groups -OCH3 is 1. The largest absolute Gasteiger partial charge is 0.493 e. The van der Waals surface area contributed by atoms with E-state index in [1.54, 1.807) is 31.4 Å². The van der Waals surface area contributed by atoms with Crippen LogP contribution in [0.4, 0.5) is 0 Å². The molecule has 0 heterocycles. The molecule has 33 heavy (non-hydrogen) atoms. The zero-order valence-corrected chi connectivity index (χ0v) is 19.4. The number of nitrogens with one attached hydrogen (secondary N) is 1. The van der Waals surface area contributed by atoms with Crippen LogP contribution in [0.5, 0.6) is 11.5 Å². The fourth-order valence-electron chi connectivity index (χ4n) is 3.34. The lowest BCUT2D eigenvalue weighted by Crippen LogP contribution is -2.27. The summed E-state index contributed by atoms with van der Waals surface area (Å²) in [4.78, 5) is 12.7. The molecule has 0 fully saturated rings. The number of carbonyl (C=O) groups excluding carboxylic acids is 1. The van der Waals surface area contributed by atoms with Crippen molar-refractivity contribution in [2.24, 2.45) is 0 Å². The first-order chi connectivity index (χ1) is 15.9. The van der Waals surface area contributed by atoms with Gasteiger partial charge in [-0.3, -0.25) is 4.79 Å². The van der Waals surface area contributed by atoms with E-state index < -0.39 is 5.91 Å². The minimum absolute atomic E-state index is 0.0192. The smallest absolute Gasteiger partial charge is 0.262 e. The molecule has 1 amide bonds. The highest BCUT2D eigenvalue weighted by Gasteiger charge is 2.15. The van der Waals surface area contributed by atoms with Crippen LogP contribution in [-0.2, 0) is 11.4 Å². The number of aryl methyl sites for hydroxylation is 2. The number of hydrogen-bond acceptors (Lipinski definition) is 4. The Balaban J connectivity index is 1.73. The first-order valence-electron chi connectivity index (χ1n) is 10.8. The summed E-state index contributed by atoms with van der Waals surface area (Å²) in [5.74, 6) is 0.692. The SMILES string of the molecule is COc1cc(/C=C(/C#N)C(=O)N[C@H](C)c2ccc(C)c(C)c2)ccc1OCc1ccccc1. The highest BCUT2D eigenvalue weighted by atomic mass is 16.5. The molecule has 0 bridgehead atoms. The third kappa shape index (κ3) is 6.24. The summed E-state index contributed by atoms with van der Waals surface area (Å²) in [6.45, 7) is 6.40. The summed E-state index contributed by atoms with van der Waals surface area (Å²) in [5.41, 5.74) is 5.08. The van der Waals surface area contributed by atoms with Gasteiger partial charge in [-0.25, -0.2) is 0 Å². The van der Waals surface area contributed by atoms with Gasteiger partial charge in [0.1, 0.15) is 18.2 Å². The van der Waals surface area contributed by atoms with E-state index >= 15 is 0 Å². The fourth-order valence-corrected chi connectivity index (χ4v) is 3.34. The number of amides is 1. The molecule has 5 nitrogen and oxygen atoms in total. The molecular weight excluding hydrogens is 412 g/mol. The minimum Gasteiger partial charge on any atom is -0.493 e. The van der Waals surface area contributed by atoms with Gasteiger partial charge in [-0.2, -0.15) is 5.26 Å². The Hall–Kier alpha value is -4.04. The third-order valence-corrected chi connectivity index (χ3v) is 5.48. The fraction of sp³-hybridized carbons (Fsp3) is 0.214. The van der Waals surface area contributed by atoms with Gasteiger partial charge in [0.05, 0.1) is 13.2 Å². The summed E-state index contributed by atoms with van der Waals surface area (Å²) in [5, 5.41) is 12.5. The molecule has 0 aliphatic carbocycles. The van der Waals surface area contributed by atoms with Crippen LogP contribution in [0.25, 0.3) is 6.08 Å². The van der Waals surface area contributed by atoms with E-state index in [-0.39, 0.29) is 11.6 Å². The summed E-state index contributed by atoms with van der Waals surface area (Å²) in [6, 6.07) is 23.0. The van der Waals surface area contributed by atoms with Crippen molar-refractivity contribution in [3.63, 3.8) is 0 Å². The molecule has 0 aliphatic heterocycles. The van der Waals surface area contributed by atoms with Crippen molar-refractivity contribution >= 4 is 12.0 Å². The molecule has 168 valence electrons. The van der Waals surface area contributed by atoms with Gasteiger partial charge in [0.25, 0.3) is 5.91 Å². The molecule has 0 aliphatic rings. The van der Waals surface area contributed by atoms with E-state index in [2.05, 4.69) is 11.4 Å². The Bertz CT molecular complexity index is 1190. The van der Waals surface area contributed by atoms with E-state index in [0.29, 0.717) is 23.7 Å². The number of hydrogen-bond donors (Lipinski definition) is 1. The zero-order chi connectivity index (χ0) is 23.8. The summed E-state index contributed by atoms with van der Waals surface area (Å²) in [7, 11) is 1.56. The lowest BCUT2D eigenvalue weighted by Gasteiger charge is -2.15. The second kappa shape index (κ2) is 11.0. The Labute approximate surface area is 195 Å². The van der Waals surface area contributed by atoms with Crippen molar-refractivity contribution in [1.29, 1.82) is 5.26 Å². The van der Waals surface area contributed by atoms with Gasteiger partial charge < -0.3 is 14.8 Å². The molecule has 3 aromatic carbocycles. The van der Waals surface area contributed by atoms with Crippen LogP contribution in [0.1, 0.15) is 40.8 Å². The van der Waals surface area contributed by atoms with Gasteiger partial charge in [0, 0.05) is 0 Å². The topological polar surface area (TPSA) is 71.3 Å². The molecule has 1 atom stereocenters. The summed E-state index contributed by atoms with van der Waals surface area (Å²) in [6.07, 6.45) is 1.55. The van der Waals surface area contributed by atoms with Crippen molar-refractivity contribution in [2.75, 3.05) is 7.11 Å². The van der Waals surface area contributed by atoms with Crippen LogP contribution in [0.2, 0.25) is 0 Å². The molecule has 3 rings (SSSR count). The van der Waals surface area contributed by atoms with E-state index in [1.807, 2.05) is 69.3 Å². The van der Waals surface area contributed by atoms with Crippen molar-refractivity contribution in [1.82, 2.24) is 5.32 Å². The maximum absolute atomic E-state index is 12.7. The van der Waals surface area contributed by atoms with Gasteiger partial charge in [-0.05, 0) is 66.8 Å². The highest BCUT2D eigenvalue weighted by Crippen LogP contribution is 2.30. The second-order valence-corrected chi connectivity index (χ2v) is 7.89. The number of ether oxygens (including phenoxy) is 2. The van der Waals surface area contributed by atoms with E-state index in [9.17, 15) is 10.1 Å². The number of nitriles is 1. The quantitative estimate of drug-likeness (QED) is 0.362. The van der Waals surface area contributed by atoms with Gasteiger partial charge >= 0.3 is 0 Å². The number of benzene rings is 3. The standard InChI is InChI=1S/C28H28N2O3/c1-19-10-12-24(14-20(19)2)21(3)30-28(31)25(17-29)15-23-11-13-26(27(16-23)32-4)33-18-22-8-6-5-7-9-22/h5-16,21H,18H2,1-4H3,(H,30,31)/b25-15-/t21-/m1/s1. The number of nitrogens with zero attached hydrogens (tertiary/aromatic N) is 1. The Morgan fingerprint density at radius 2 is 1.79 bits per heavy atom. The van der Waals surface area contributed by atoms with Crippen molar-refractivity contribution in [2.45, 2.75) is 33.4 Å². The molecule has 0 spiro atoms. The van der Waals surface area contributed by atoms with Crippen molar-refractivity contribution < 1.29 is 14.3 Å². The second-order valence-electron chi connectivity index (χ2n) is 7.89. The van der Waals surface area contributed by atoms with Crippen molar-refractivity contribution in [3.05, 3.63) is 100 Å². The molecule has 3 aromatic rings. The van der Waals surface area contributed by atoms with Crippen LogP contribution in [0, 0.1) is 25.2 Å². The van der Waals surface area contributed by atoms with Gasteiger partial charge in [0.15, 0.2) is 11.5 Å². The maximum atomic E-state index is 12.7. The normalized spacial score (nSPS) is 11.9. The third-order valence-electron chi connectivity index (χ3n) is 5.48. The molecule has 5 heteroatoms. The Kier molecular flexibility index (Phi) is 7.88. The van der Waals surface area contributed by atoms with Gasteiger partial charge in [-0.1, -0.05) is 54.6 Å². The minimum atomic E-state index is -0.424. The van der Waals surface area contributed by atoms with Gasteiger partial charge in [-0.15, -0.1) is 0 Å². The number of carbonyl (C=O) groups is 1. The zero-order valence-electron chi connectivity index (χ0n) is 19.4. The van der Waals surface area contributed by atoms with Crippen LogP contribution in [0.3, 0.4) is 0 Å². The van der Waals surface area contributed by atoms with E-state index in [0.717, 1.165) is 16.7 Å². The number of rotatable bonds is 8. The lowest BCUT2D eigenvalue weighted by atomic mass is 10.0. The molecular formula is C28H28N2O3. The lowest BCUT2D eigenvalue weighted by molar-refractivity contribution is -0.117. The first kappa shape index (κ1) is 23.6. The predicted molar refractivity (Wildman–Crippen MR) is 130 cm³/mol. The molecule has 0 aromatic heterocycles. The Morgan fingerprint density at radius 3 is 2.45 bits per heavy atom. The van der Waals surface area contributed by atoms with Crippen LogP contribution in [-0.4, -0.2) is 13.0 Å². The maximum Gasteiger partial charge on any atom is 0.262 e. The average molecular weight is 441 g/mol. The first-order valence-corrected chi connectivity index (χ1v) is 10.8. The van der Waals surface area contributed by atoms with Crippen molar-refractivity contribution in [3.8, 4) is 17.6 Å². The summed E-state index contributed by atoms with van der Waals surface area (Å²) >= 11 is 0. The van der Waals surface area contributed by atoms with Crippen LogP contribution >= 0.6 is 0 Å². The summed E-state index contributed by atoms with van der Waals surface area (Å²) < 4.78 is 11.3. The molecule has 0 saturated heterocycles. The molecule has 0 unspecified atom stereocenters. The van der Waals surface area contributed by atoms with E-state index in [4.69, 9.17) is 9.47 Å².